The van der Waals surface area contributed by atoms with Crippen LogP contribution in [0, 0.1) is 0 Å². The average Bonchev–Trinajstić information content (AvgIpc) is 2.47. The van der Waals surface area contributed by atoms with E-state index in [2.05, 4.69) is 6.92 Å². The Kier molecular flexibility index (Phi) is 8.59. The molecule has 1 amide bonds. The summed E-state index contributed by atoms with van der Waals surface area (Å²) in [5.74, 6) is 0.744. The first-order valence-electron chi connectivity index (χ1n) is 7.24. The number of rotatable bonds is 10. The van der Waals surface area contributed by atoms with Crippen LogP contribution in [-0.2, 0) is 16.1 Å². The van der Waals surface area contributed by atoms with Crippen LogP contribution in [0.3, 0.4) is 0 Å². The Morgan fingerprint density at radius 2 is 1.90 bits per heavy atom. The van der Waals surface area contributed by atoms with E-state index in [9.17, 15) is 9.59 Å². The molecule has 1 aromatic carbocycles. The summed E-state index contributed by atoms with van der Waals surface area (Å²) in [5.41, 5.74) is 0.950. The van der Waals surface area contributed by atoms with Crippen LogP contribution in [0.4, 0.5) is 0 Å². The van der Waals surface area contributed by atoms with Gasteiger partial charge in [0.2, 0.25) is 5.91 Å². The van der Waals surface area contributed by atoms with Gasteiger partial charge >= 0.3 is 5.97 Å². The molecule has 116 valence electrons. The van der Waals surface area contributed by atoms with Crippen molar-refractivity contribution in [2.24, 2.45) is 0 Å². The number of carboxylic acid groups (broad SMARTS) is 1. The highest BCUT2D eigenvalue weighted by Gasteiger charge is 2.16. The maximum Gasteiger partial charge on any atom is 0.323 e. The first-order valence-corrected chi connectivity index (χ1v) is 8.40. The fraction of sp³-hybridized carbons (Fsp3) is 0.500. The Labute approximate surface area is 130 Å². The summed E-state index contributed by atoms with van der Waals surface area (Å²) in [7, 11) is 0. The van der Waals surface area contributed by atoms with Crippen LogP contribution in [0.25, 0.3) is 0 Å². The molecule has 0 atom stereocenters. The lowest BCUT2D eigenvalue weighted by atomic mass is 10.2. The predicted molar refractivity (Wildman–Crippen MR) is 86.3 cm³/mol. The van der Waals surface area contributed by atoms with Gasteiger partial charge in [-0.05, 0) is 17.7 Å². The van der Waals surface area contributed by atoms with Crippen LogP contribution in [0.5, 0.6) is 0 Å². The molecule has 4 nitrogen and oxygen atoms in total. The standard InChI is InChI=1S/C16H23NO3S/c1-2-3-10-21-11-9-15(18)17(13-16(19)20)12-14-7-5-4-6-8-14/h4-8H,2-3,9-13H2,1H3,(H,19,20). The van der Waals surface area contributed by atoms with Gasteiger partial charge in [-0.1, -0.05) is 43.7 Å². The molecule has 0 radical (unpaired) electrons. The molecule has 0 saturated carbocycles. The molecule has 0 saturated heterocycles. The number of thioether (sulfide) groups is 1. The number of carbonyl (C=O) groups excluding carboxylic acids is 1. The van der Waals surface area contributed by atoms with E-state index in [1.54, 1.807) is 11.8 Å². The zero-order chi connectivity index (χ0) is 15.5. The van der Waals surface area contributed by atoms with Crippen LogP contribution < -0.4 is 0 Å². The van der Waals surface area contributed by atoms with E-state index >= 15 is 0 Å². The van der Waals surface area contributed by atoms with Crippen molar-refractivity contribution in [2.45, 2.75) is 32.7 Å². The second-order valence-corrected chi connectivity index (χ2v) is 6.07. The van der Waals surface area contributed by atoms with E-state index < -0.39 is 5.97 Å². The molecule has 1 N–H and O–H groups in total. The third kappa shape index (κ3) is 7.75. The summed E-state index contributed by atoms with van der Waals surface area (Å²) in [4.78, 5) is 24.5. The van der Waals surface area contributed by atoms with Gasteiger partial charge in [0.15, 0.2) is 0 Å². The van der Waals surface area contributed by atoms with E-state index in [4.69, 9.17) is 5.11 Å². The number of aliphatic carboxylic acids is 1. The normalized spacial score (nSPS) is 10.3. The fourth-order valence-electron chi connectivity index (χ4n) is 1.87. The van der Waals surface area contributed by atoms with Crippen molar-refractivity contribution in [3.8, 4) is 0 Å². The highest BCUT2D eigenvalue weighted by Crippen LogP contribution is 2.10. The van der Waals surface area contributed by atoms with Gasteiger partial charge in [-0.2, -0.15) is 11.8 Å². The highest BCUT2D eigenvalue weighted by molar-refractivity contribution is 7.99. The molecule has 0 bridgehead atoms. The molecule has 5 heteroatoms. The topological polar surface area (TPSA) is 57.6 Å². The Balaban J connectivity index is 2.48. The summed E-state index contributed by atoms with van der Waals surface area (Å²) < 4.78 is 0. The third-order valence-electron chi connectivity index (χ3n) is 3.00. The monoisotopic (exact) mass is 309 g/mol. The van der Waals surface area contributed by atoms with Gasteiger partial charge in [-0.25, -0.2) is 0 Å². The molecule has 0 aliphatic heterocycles. The second kappa shape index (κ2) is 10.3. The lowest BCUT2D eigenvalue weighted by Crippen LogP contribution is -2.35. The van der Waals surface area contributed by atoms with Crippen LogP contribution >= 0.6 is 11.8 Å². The molecule has 0 aromatic heterocycles. The van der Waals surface area contributed by atoms with E-state index in [0.717, 1.165) is 29.9 Å². The SMILES string of the molecule is CCCCSCCC(=O)N(CC(=O)O)Cc1ccccc1. The maximum absolute atomic E-state index is 12.2. The predicted octanol–water partition coefficient (Wildman–Crippen LogP) is 3.02. The number of unbranched alkanes of at least 4 members (excludes halogenated alkanes) is 1. The van der Waals surface area contributed by atoms with E-state index in [0.29, 0.717) is 13.0 Å². The lowest BCUT2D eigenvalue weighted by molar-refractivity contribution is -0.144. The van der Waals surface area contributed by atoms with Crippen molar-refractivity contribution in [2.75, 3.05) is 18.1 Å². The Morgan fingerprint density at radius 3 is 2.52 bits per heavy atom. The minimum atomic E-state index is -0.974. The van der Waals surface area contributed by atoms with Crippen molar-refractivity contribution in [1.29, 1.82) is 0 Å². The van der Waals surface area contributed by atoms with Crippen LogP contribution in [0.1, 0.15) is 31.7 Å². The smallest absolute Gasteiger partial charge is 0.323 e. The van der Waals surface area contributed by atoms with Crippen LogP contribution in [0.15, 0.2) is 30.3 Å². The molecule has 0 aliphatic rings. The lowest BCUT2D eigenvalue weighted by Gasteiger charge is -2.20. The Hall–Kier alpha value is -1.49. The van der Waals surface area contributed by atoms with Gasteiger partial charge < -0.3 is 10.0 Å². The molecule has 0 heterocycles. The Bertz CT molecular complexity index is 436. The molecule has 0 spiro atoms. The van der Waals surface area contributed by atoms with Crippen molar-refractivity contribution in [3.05, 3.63) is 35.9 Å². The van der Waals surface area contributed by atoms with Gasteiger partial charge in [0, 0.05) is 18.7 Å². The minimum absolute atomic E-state index is 0.0924. The molecule has 1 aromatic rings. The highest BCUT2D eigenvalue weighted by atomic mass is 32.2. The summed E-state index contributed by atoms with van der Waals surface area (Å²) in [6.45, 7) is 2.25. The van der Waals surface area contributed by atoms with Crippen molar-refractivity contribution in [1.82, 2.24) is 4.90 Å². The summed E-state index contributed by atoms with van der Waals surface area (Å²) in [5, 5.41) is 8.95. The zero-order valence-electron chi connectivity index (χ0n) is 12.5. The first-order chi connectivity index (χ1) is 10.1. The molecule has 21 heavy (non-hydrogen) atoms. The number of hydrogen-bond donors (Lipinski definition) is 1. The van der Waals surface area contributed by atoms with Crippen LogP contribution in [0.2, 0.25) is 0 Å². The van der Waals surface area contributed by atoms with Crippen molar-refractivity contribution >= 4 is 23.6 Å². The minimum Gasteiger partial charge on any atom is -0.480 e. The molecule has 0 unspecified atom stereocenters. The van der Waals surface area contributed by atoms with Gasteiger partial charge in [0.05, 0.1) is 0 Å². The zero-order valence-corrected chi connectivity index (χ0v) is 13.3. The molecule has 1 rings (SSSR count). The average molecular weight is 309 g/mol. The number of amides is 1. The number of nitrogens with zero attached hydrogens (tertiary/aromatic N) is 1. The van der Waals surface area contributed by atoms with Crippen LogP contribution in [-0.4, -0.2) is 39.9 Å². The van der Waals surface area contributed by atoms with E-state index in [1.165, 1.54) is 4.90 Å². The summed E-state index contributed by atoms with van der Waals surface area (Å²) in [6, 6.07) is 9.48. The largest absolute Gasteiger partial charge is 0.480 e. The van der Waals surface area contributed by atoms with Gasteiger partial charge in [0.25, 0.3) is 0 Å². The van der Waals surface area contributed by atoms with Gasteiger partial charge in [-0.3, -0.25) is 9.59 Å². The number of carboxylic acids is 1. The van der Waals surface area contributed by atoms with E-state index in [-0.39, 0.29) is 12.5 Å². The van der Waals surface area contributed by atoms with Gasteiger partial charge in [0.1, 0.15) is 6.54 Å². The second-order valence-electron chi connectivity index (χ2n) is 4.85. The van der Waals surface area contributed by atoms with Crippen molar-refractivity contribution < 1.29 is 14.7 Å². The molecular formula is C16H23NO3S. The molecule has 0 aliphatic carbocycles. The number of carbonyl (C=O) groups is 2. The molecular weight excluding hydrogens is 286 g/mol. The quantitative estimate of drug-likeness (QED) is 0.675. The maximum atomic E-state index is 12.2. The third-order valence-corrected chi connectivity index (χ3v) is 4.07. The number of hydrogen-bond acceptors (Lipinski definition) is 3. The fourth-order valence-corrected chi connectivity index (χ4v) is 2.88. The van der Waals surface area contributed by atoms with E-state index in [1.807, 2.05) is 30.3 Å². The number of benzene rings is 1. The Morgan fingerprint density at radius 1 is 1.19 bits per heavy atom. The summed E-state index contributed by atoms with van der Waals surface area (Å²) >= 11 is 1.75. The van der Waals surface area contributed by atoms with Gasteiger partial charge in [-0.15, -0.1) is 0 Å². The van der Waals surface area contributed by atoms with Crippen molar-refractivity contribution in [3.63, 3.8) is 0 Å². The first kappa shape index (κ1) is 17.6. The molecule has 0 fully saturated rings. The summed E-state index contributed by atoms with van der Waals surface area (Å²) in [6.07, 6.45) is 2.70.